The van der Waals surface area contributed by atoms with E-state index in [9.17, 15) is 4.39 Å². The molecule has 1 saturated heterocycles. The van der Waals surface area contributed by atoms with Crippen molar-refractivity contribution >= 4 is 11.8 Å². The van der Waals surface area contributed by atoms with Gasteiger partial charge in [-0.2, -0.15) is 0 Å². The molecule has 18 heavy (non-hydrogen) atoms. The lowest BCUT2D eigenvalue weighted by molar-refractivity contribution is 0.154. The third-order valence-corrected chi connectivity index (χ3v) is 4.24. The fraction of sp³-hybridized carbons (Fsp3) is 0.571. The average Bonchev–Trinajstić information content (AvgIpc) is 2.30. The van der Waals surface area contributed by atoms with Crippen LogP contribution in [0.25, 0.3) is 0 Å². The maximum absolute atomic E-state index is 12.8. The van der Waals surface area contributed by atoms with Crippen LogP contribution in [-0.2, 0) is 0 Å². The fourth-order valence-corrected chi connectivity index (χ4v) is 3.00. The molecule has 2 nitrogen and oxygen atoms in total. The van der Waals surface area contributed by atoms with Crippen molar-refractivity contribution in [3.8, 4) is 0 Å². The Hall–Kier alpha value is -0.580. The van der Waals surface area contributed by atoms with Crippen molar-refractivity contribution in [2.75, 3.05) is 31.9 Å². The van der Waals surface area contributed by atoms with Crippen LogP contribution in [0.1, 0.15) is 13.3 Å². The minimum absolute atomic E-state index is 0.160. The van der Waals surface area contributed by atoms with Crippen LogP contribution in [0.15, 0.2) is 29.2 Å². The number of nitrogens with one attached hydrogen (secondary N) is 1. The lowest BCUT2D eigenvalue weighted by Crippen LogP contribution is -2.57. The first-order valence-corrected chi connectivity index (χ1v) is 7.61. The molecule has 4 heteroatoms. The maximum atomic E-state index is 12.8. The highest BCUT2D eigenvalue weighted by Crippen LogP contribution is 2.18. The van der Waals surface area contributed by atoms with E-state index in [4.69, 9.17) is 0 Å². The Kier molecular flexibility index (Phi) is 5.47. The van der Waals surface area contributed by atoms with E-state index < -0.39 is 0 Å². The van der Waals surface area contributed by atoms with Gasteiger partial charge in [-0.15, -0.1) is 11.8 Å². The van der Waals surface area contributed by atoms with Crippen LogP contribution in [-0.4, -0.2) is 42.9 Å². The highest BCUT2D eigenvalue weighted by molar-refractivity contribution is 7.99. The zero-order valence-electron chi connectivity index (χ0n) is 10.9. The molecule has 2 rings (SSSR count). The molecule has 0 atom stereocenters. The van der Waals surface area contributed by atoms with Gasteiger partial charge in [0.2, 0.25) is 0 Å². The normalized spacial score (nSPS) is 15.9. The molecule has 0 saturated carbocycles. The van der Waals surface area contributed by atoms with E-state index in [2.05, 4.69) is 17.1 Å². The van der Waals surface area contributed by atoms with Gasteiger partial charge in [-0.3, -0.25) is 4.90 Å². The van der Waals surface area contributed by atoms with Crippen LogP contribution in [0.2, 0.25) is 0 Å². The number of benzene rings is 1. The standard InChI is InChI=1S/C14H21FN2S/c1-2-7-17(13-10-16-11-13)8-9-18-14-5-3-12(15)4-6-14/h3-6,13,16H,2,7-11H2,1H3. The summed E-state index contributed by atoms with van der Waals surface area (Å²) in [6.07, 6.45) is 1.21. The number of rotatable bonds is 7. The molecule has 0 aliphatic carbocycles. The average molecular weight is 268 g/mol. The minimum atomic E-state index is -0.160. The van der Waals surface area contributed by atoms with Gasteiger partial charge in [0.25, 0.3) is 0 Å². The number of halogens is 1. The largest absolute Gasteiger partial charge is 0.314 e. The second kappa shape index (κ2) is 7.12. The maximum Gasteiger partial charge on any atom is 0.123 e. The topological polar surface area (TPSA) is 15.3 Å². The Bertz CT molecular complexity index is 351. The Balaban J connectivity index is 1.73. The van der Waals surface area contributed by atoms with Gasteiger partial charge in [-0.25, -0.2) is 4.39 Å². The van der Waals surface area contributed by atoms with Gasteiger partial charge in [0.05, 0.1) is 0 Å². The summed E-state index contributed by atoms with van der Waals surface area (Å²) in [5.74, 6) is 0.912. The van der Waals surface area contributed by atoms with E-state index in [1.165, 1.54) is 25.1 Å². The molecule has 1 aromatic carbocycles. The lowest BCUT2D eigenvalue weighted by atomic mass is 10.1. The molecule has 1 N–H and O–H groups in total. The third-order valence-electron chi connectivity index (χ3n) is 3.25. The second-order valence-electron chi connectivity index (χ2n) is 4.65. The van der Waals surface area contributed by atoms with Crippen molar-refractivity contribution in [1.82, 2.24) is 10.2 Å². The summed E-state index contributed by atoms with van der Waals surface area (Å²) in [7, 11) is 0. The third kappa shape index (κ3) is 3.97. The predicted molar refractivity (Wildman–Crippen MR) is 75.6 cm³/mol. The highest BCUT2D eigenvalue weighted by Gasteiger charge is 2.23. The van der Waals surface area contributed by atoms with Crippen LogP contribution in [0, 0.1) is 5.82 Å². The van der Waals surface area contributed by atoms with Crippen molar-refractivity contribution < 1.29 is 4.39 Å². The molecule has 100 valence electrons. The quantitative estimate of drug-likeness (QED) is 0.765. The molecule has 1 fully saturated rings. The summed E-state index contributed by atoms with van der Waals surface area (Å²) in [6.45, 7) is 6.77. The van der Waals surface area contributed by atoms with Crippen LogP contribution in [0.4, 0.5) is 4.39 Å². The van der Waals surface area contributed by atoms with Crippen molar-refractivity contribution in [3.05, 3.63) is 30.1 Å². The summed E-state index contributed by atoms with van der Waals surface area (Å²) in [5, 5.41) is 3.32. The Morgan fingerprint density at radius 3 is 2.56 bits per heavy atom. The van der Waals surface area contributed by atoms with E-state index in [1.807, 2.05) is 12.1 Å². The summed E-state index contributed by atoms with van der Waals surface area (Å²) in [5.41, 5.74) is 0. The smallest absolute Gasteiger partial charge is 0.123 e. The monoisotopic (exact) mass is 268 g/mol. The molecule has 0 radical (unpaired) electrons. The van der Waals surface area contributed by atoms with Gasteiger partial charge in [-0.05, 0) is 37.2 Å². The first-order chi connectivity index (χ1) is 8.79. The van der Waals surface area contributed by atoms with Crippen molar-refractivity contribution in [2.45, 2.75) is 24.3 Å². The molecular formula is C14H21FN2S. The molecule has 1 aromatic rings. The number of nitrogens with zero attached hydrogens (tertiary/aromatic N) is 1. The zero-order valence-corrected chi connectivity index (χ0v) is 11.7. The SMILES string of the molecule is CCCN(CCSc1ccc(F)cc1)C1CNC1. The van der Waals surface area contributed by atoms with Crippen LogP contribution < -0.4 is 5.32 Å². The van der Waals surface area contributed by atoms with Gasteiger partial charge in [0.15, 0.2) is 0 Å². The molecule has 0 unspecified atom stereocenters. The first-order valence-electron chi connectivity index (χ1n) is 6.62. The van der Waals surface area contributed by atoms with E-state index in [0.717, 1.165) is 36.3 Å². The molecule has 1 aliphatic rings. The van der Waals surface area contributed by atoms with Crippen LogP contribution in [0.5, 0.6) is 0 Å². The fourth-order valence-electron chi connectivity index (χ4n) is 2.11. The van der Waals surface area contributed by atoms with E-state index >= 15 is 0 Å². The van der Waals surface area contributed by atoms with E-state index in [1.54, 1.807) is 11.8 Å². The molecule has 1 aliphatic heterocycles. The molecule has 1 heterocycles. The predicted octanol–water partition coefficient (Wildman–Crippen LogP) is 2.60. The summed E-state index contributed by atoms with van der Waals surface area (Å²) < 4.78 is 12.8. The van der Waals surface area contributed by atoms with Gasteiger partial charge in [-0.1, -0.05) is 6.92 Å². The van der Waals surface area contributed by atoms with E-state index in [0.29, 0.717) is 0 Å². The Labute approximate surface area is 113 Å². The summed E-state index contributed by atoms with van der Waals surface area (Å²) in [6, 6.07) is 7.49. The number of hydrogen-bond acceptors (Lipinski definition) is 3. The molecule has 0 bridgehead atoms. The first kappa shape index (κ1) is 13.8. The van der Waals surface area contributed by atoms with Crippen LogP contribution >= 0.6 is 11.8 Å². The minimum Gasteiger partial charge on any atom is -0.314 e. The van der Waals surface area contributed by atoms with E-state index in [-0.39, 0.29) is 5.82 Å². The number of thioether (sulfide) groups is 1. The van der Waals surface area contributed by atoms with Crippen molar-refractivity contribution in [1.29, 1.82) is 0 Å². The highest BCUT2D eigenvalue weighted by atomic mass is 32.2. The Morgan fingerprint density at radius 2 is 2.00 bits per heavy atom. The van der Waals surface area contributed by atoms with Gasteiger partial charge < -0.3 is 5.32 Å². The second-order valence-corrected chi connectivity index (χ2v) is 5.82. The molecular weight excluding hydrogens is 247 g/mol. The van der Waals surface area contributed by atoms with Gasteiger partial charge in [0.1, 0.15) is 5.82 Å². The number of hydrogen-bond donors (Lipinski definition) is 1. The molecule has 0 spiro atoms. The zero-order chi connectivity index (χ0) is 12.8. The molecule has 0 amide bonds. The van der Waals surface area contributed by atoms with Crippen molar-refractivity contribution in [3.63, 3.8) is 0 Å². The summed E-state index contributed by atoms with van der Waals surface area (Å²) in [4.78, 5) is 3.71. The van der Waals surface area contributed by atoms with Gasteiger partial charge >= 0.3 is 0 Å². The summed E-state index contributed by atoms with van der Waals surface area (Å²) >= 11 is 1.81. The van der Waals surface area contributed by atoms with Crippen LogP contribution in [0.3, 0.4) is 0 Å². The van der Waals surface area contributed by atoms with Crippen molar-refractivity contribution in [2.24, 2.45) is 0 Å². The lowest BCUT2D eigenvalue weighted by Gasteiger charge is -2.38. The van der Waals surface area contributed by atoms with Gasteiger partial charge in [0, 0.05) is 36.3 Å². The molecule has 0 aromatic heterocycles. The Morgan fingerprint density at radius 1 is 1.28 bits per heavy atom.